The minimum Gasteiger partial charge on any atom is -0.480 e. The summed E-state index contributed by atoms with van der Waals surface area (Å²) in [7, 11) is 0. The van der Waals surface area contributed by atoms with Crippen LogP contribution >= 0.6 is 0 Å². The molecule has 1 aliphatic heterocycles. The van der Waals surface area contributed by atoms with Gasteiger partial charge >= 0.3 is 5.97 Å². The number of aliphatic carboxylic acids is 1. The van der Waals surface area contributed by atoms with Crippen LogP contribution < -0.4 is 16.4 Å². The molecule has 1 saturated heterocycles. The maximum atomic E-state index is 12.5. The minimum atomic E-state index is -1.27. The lowest BCUT2D eigenvalue weighted by molar-refractivity contribution is -0.150. The molecule has 25 heavy (non-hydrogen) atoms. The molecule has 0 bridgehead atoms. The van der Waals surface area contributed by atoms with Crippen molar-refractivity contribution in [1.29, 1.82) is 0 Å². The molecule has 0 aromatic heterocycles. The second kappa shape index (κ2) is 9.33. The predicted octanol–water partition coefficient (Wildman–Crippen LogP) is -2.36. The summed E-state index contributed by atoms with van der Waals surface area (Å²) in [6.45, 7) is 2.70. The molecule has 1 rings (SSSR count). The molecule has 0 aromatic carbocycles. The Bertz CT molecular complexity index is 524. The Balaban J connectivity index is 2.81. The van der Waals surface area contributed by atoms with Crippen LogP contribution in [0.2, 0.25) is 0 Å². The number of hydrogen-bond acceptors (Lipinski definition) is 6. The normalized spacial score (nSPS) is 19.4. The van der Waals surface area contributed by atoms with Gasteiger partial charge in [0.25, 0.3) is 0 Å². The maximum absolute atomic E-state index is 12.5. The van der Waals surface area contributed by atoms with Crippen molar-refractivity contribution in [3.63, 3.8) is 0 Å². The molecule has 3 amide bonds. The van der Waals surface area contributed by atoms with Gasteiger partial charge in [0.1, 0.15) is 18.1 Å². The van der Waals surface area contributed by atoms with Gasteiger partial charge in [-0.1, -0.05) is 13.8 Å². The number of aliphatic hydroxyl groups is 1. The van der Waals surface area contributed by atoms with E-state index in [0.29, 0.717) is 12.8 Å². The standard InChI is InChI=1S/C15H26N4O6/c1-8(2)12(18-11(21)6-16)13(22)17-9(7-20)14(23)19-5-3-4-10(19)15(24)25/h8-10,12,20H,3-7,16H2,1-2H3,(H,17,22)(H,18,21)(H,24,25). The fourth-order valence-electron chi connectivity index (χ4n) is 2.70. The summed E-state index contributed by atoms with van der Waals surface area (Å²) in [6.07, 6.45) is 0.865. The molecule has 0 spiro atoms. The van der Waals surface area contributed by atoms with E-state index in [1.165, 1.54) is 0 Å². The second-order valence-electron chi connectivity index (χ2n) is 6.26. The molecule has 1 heterocycles. The third-order valence-corrected chi connectivity index (χ3v) is 4.07. The molecule has 10 nitrogen and oxygen atoms in total. The fraction of sp³-hybridized carbons (Fsp3) is 0.733. The lowest BCUT2D eigenvalue weighted by Crippen LogP contribution is -2.58. The van der Waals surface area contributed by atoms with E-state index >= 15 is 0 Å². The fourth-order valence-corrected chi connectivity index (χ4v) is 2.70. The Morgan fingerprint density at radius 2 is 1.88 bits per heavy atom. The van der Waals surface area contributed by atoms with Crippen LogP contribution in [0.15, 0.2) is 0 Å². The number of amides is 3. The summed E-state index contributed by atoms with van der Waals surface area (Å²) in [5.41, 5.74) is 5.22. The van der Waals surface area contributed by atoms with Gasteiger partial charge in [0, 0.05) is 6.54 Å². The van der Waals surface area contributed by atoms with Crippen molar-refractivity contribution in [3.8, 4) is 0 Å². The van der Waals surface area contributed by atoms with Crippen LogP contribution in [0.25, 0.3) is 0 Å². The molecular weight excluding hydrogens is 332 g/mol. The molecule has 142 valence electrons. The Hall–Kier alpha value is -2.20. The van der Waals surface area contributed by atoms with Gasteiger partial charge in [0.05, 0.1) is 13.2 Å². The molecule has 10 heteroatoms. The average molecular weight is 358 g/mol. The number of nitrogens with one attached hydrogen (secondary N) is 2. The van der Waals surface area contributed by atoms with Crippen molar-refractivity contribution < 1.29 is 29.4 Å². The van der Waals surface area contributed by atoms with Crippen molar-refractivity contribution >= 4 is 23.7 Å². The smallest absolute Gasteiger partial charge is 0.326 e. The highest BCUT2D eigenvalue weighted by Gasteiger charge is 2.38. The summed E-state index contributed by atoms with van der Waals surface area (Å²) in [6, 6.07) is -3.16. The molecule has 3 atom stereocenters. The highest BCUT2D eigenvalue weighted by Crippen LogP contribution is 2.18. The molecule has 0 saturated carbocycles. The van der Waals surface area contributed by atoms with E-state index in [1.807, 2.05) is 0 Å². The number of likely N-dealkylation sites (tertiary alicyclic amines) is 1. The van der Waals surface area contributed by atoms with Crippen molar-refractivity contribution in [2.75, 3.05) is 19.7 Å². The molecular formula is C15H26N4O6. The van der Waals surface area contributed by atoms with Gasteiger partial charge in [-0.15, -0.1) is 0 Å². The monoisotopic (exact) mass is 358 g/mol. The van der Waals surface area contributed by atoms with Gasteiger partial charge < -0.3 is 31.5 Å². The first kappa shape index (κ1) is 20.8. The van der Waals surface area contributed by atoms with Crippen LogP contribution in [0, 0.1) is 5.92 Å². The highest BCUT2D eigenvalue weighted by atomic mass is 16.4. The van der Waals surface area contributed by atoms with E-state index in [1.54, 1.807) is 13.8 Å². The van der Waals surface area contributed by atoms with Gasteiger partial charge in [0.15, 0.2) is 0 Å². The second-order valence-corrected chi connectivity index (χ2v) is 6.26. The average Bonchev–Trinajstić information content (AvgIpc) is 3.05. The first-order chi connectivity index (χ1) is 11.7. The first-order valence-corrected chi connectivity index (χ1v) is 8.16. The zero-order chi connectivity index (χ0) is 19.1. The largest absolute Gasteiger partial charge is 0.480 e. The first-order valence-electron chi connectivity index (χ1n) is 8.16. The molecule has 1 aliphatic rings. The summed E-state index contributed by atoms with van der Waals surface area (Å²) in [4.78, 5) is 48.6. The topological polar surface area (TPSA) is 162 Å². The van der Waals surface area contributed by atoms with Gasteiger partial charge in [-0.05, 0) is 18.8 Å². The Labute approximate surface area is 145 Å². The van der Waals surface area contributed by atoms with E-state index < -0.39 is 48.4 Å². The van der Waals surface area contributed by atoms with E-state index in [4.69, 9.17) is 10.8 Å². The van der Waals surface area contributed by atoms with Gasteiger partial charge in [-0.3, -0.25) is 14.4 Å². The molecule has 1 fully saturated rings. The Morgan fingerprint density at radius 1 is 1.24 bits per heavy atom. The molecule has 6 N–H and O–H groups in total. The summed E-state index contributed by atoms with van der Waals surface area (Å²) < 4.78 is 0. The van der Waals surface area contributed by atoms with Gasteiger partial charge in [0.2, 0.25) is 17.7 Å². The summed E-state index contributed by atoms with van der Waals surface area (Å²) >= 11 is 0. The van der Waals surface area contributed by atoms with Gasteiger partial charge in [-0.2, -0.15) is 0 Å². The van der Waals surface area contributed by atoms with E-state index in [0.717, 1.165) is 4.90 Å². The number of nitrogens with two attached hydrogens (primary N) is 1. The number of rotatable bonds is 8. The lowest BCUT2D eigenvalue weighted by atomic mass is 10.0. The maximum Gasteiger partial charge on any atom is 0.326 e. The van der Waals surface area contributed by atoms with E-state index in [-0.39, 0.29) is 19.0 Å². The highest BCUT2D eigenvalue weighted by molar-refractivity contribution is 5.94. The molecule has 0 aliphatic carbocycles. The summed E-state index contributed by atoms with van der Waals surface area (Å²) in [5.74, 6) is -3.22. The number of hydrogen-bond donors (Lipinski definition) is 5. The van der Waals surface area contributed by atoms with Crippen molar-refractivity contribution in [2.24, 2.45) is 11.7 Å². The number of carbonyl (C=O) groups excluding carboxylic acids is 3. The van der Waals surface area contributed by atoms with E-state index in [2.05, 4.69) is 10.6 Å². The number of aliphatic hydroxyl groups excluding tert-OH is 1. The van der Waals surface area contributed by atoms with Crippen molar-refractivity contribution in [1.82, 2.24) is 15.5 Å². The molecule has 3 unspecified atom stereocenters. The van der Waals surface area contributed by atoms with Crippen LogP contribution in [-0.4, -0.2) is 76.6 Å². The number of nitrogens with zero attached hydrogens (tertiary/aromatic N) is 1. The quantitative estimate of drug-likeness (QED) is 0.324. The lowest BCUT2D eigenvalue weighted by Gasteiger charge is -2.28. The SMILES string of the molecule is CC(C)C(NC(=O)CN)C(=O)NC(CO)C(=O)N1CCCC1C(=O)O. The van der Waals surface area contributed by atoms with Crippen molar-refractivity contribution in [3.05, 3.63) is 0 Å². The van der Waals surface area contributed by atoms with Crippen LogP contribution in [0.1, 0.15) is 26.7 Å². The zero-order valence-corrected chi connectivity index (χ0v) is 14.4. The minimum absolute atomic E-state index is 0.250. The van der Waals surface area contributed by atoms with E-state index in [9.17, 15) is 24.3 Å². The Morgan fingerprint density at radius 3 is 2.36 bits per heavy atom. The third kappa shape index (κ3) is 5.40. The zero-order valence-electron chi connectivity index (χ0n) is 14.4. The third-order valence-electron chi connectivity index (χ3n) is 4.07. The Kier molecular flexibility index (Phi) is 7.78. The number of carbonyl (C=O) groups is 4. The number of carboxylic acids is 1. The van der Waals surface area contributed by atoms with Crippen LogP contribution in [0.3, 0.4) is 0 Å². The predicted molar refractivity (Wildman–Crippen MR) is 87.2 cm³/mol. The van der Waals surface area contributed by atoms with Crippen molar-refractivity contribution in [2.45, 2.75) is 44.8 Å². The van der Waals surface area contributed by atoms with Crippen LogP contribution in [0.5, 0.6) is 0 Å². The summed E-state index contributed by atoms with van der Waals surface area (Å²) in [5, 5.41) is 23.5. The molecule has 0 radical (unpaired) electrons. The molecule has 0 aromatic rings. The van der Waals surface area contributed by atoms with Crippen LogP contribution in [0.4, 0.5) is 0 Å². The number of carboxylic acid groups (broad SMARTS) is 1. The van der Waals surface area contributed by atoms with Gasteiger partial charge in [-0.25, -0.2) is 4.79 Å². The van der Waals surface area contributed by atoms with Crippen LogP contribution in [-0.2, 0) is 19.2 Å².